The zero-order chi connectivity index (χ0) is 11.3. The van der Waals surface area contributed by atoms with E-state index in [0.717, 1.165) is 18.3 Å². The molecule has 0 heterocycles. The Bertz CT molecular complexity index is 342. The predicted molar refractivity (Wildman–Crippen MR) is 64.1 cm³/mol. The number of carbonyl (C=O) groups is 1. The third kappa shape index (κ3) is 3.70. The van der Waals surface area contributed by atoms with Gasteiger partial charge in [0, 0.05) is 5.92 Å². The second-order valence-electron chi connectivity index (χ2n) is 4.15. The number of allylic oxidation sites excluding steroid dienone is 2. The lowest BCUT2D eigenvalue weighted by Gasteiger charge is -2.04. The number of hydrogen-bond acceptors (Lipinski definition) is 1. The molecule has 0 aliphatic carbocycles. The molecule has 0 fully saturated rings. The number of carbonyl (C=O) groups excluding carboxylic acids is 1. The van der Waals surface area contributed by atoms with Gasteiger partial charge in [-0.05, 0) is 31.4 Å². The number of benzene rings is 1. The first-order chi connectivity index (χ1) is 7.13. The van der Waals surface area contributed by atoms with E-state index >= 15 is 0 Å². The van der Waals surface area contributed by atoms with Crippen LogP contribution < -0.4 is 0 Å². The van der Waals surface area contributed by atoms with Crippen LogP contribution in [0, 0.1) is 0 Å². The summed E-state index contributed by atoms with van der Waals surface area (Å²) in [5.41, 5.74) is 3.71. The fourth-order valence-electron chi connectivity index (χ4n) is 1.36. The Morgan fingerprint density at radius 2 is 1.87 bits per heavy atom. The molecule has 0 N–H and O–H groups in total. The average Bonchev–Trinajstić information content (AvgIpc) is 2.26. The van der Waals surface area contributed by atoms with Crippen molar-refractivity contribution < 1.29 is 4.79 Å². The molecule has 1 aromatic rings. The molecule has 0 saturated carbocycles. The Balaban J connectivity index is 2.72. The fraction of sp³-hybridized carbons (Fsp3) is 0.357. The minimum Gasteiger partial charge on any atom is -0.303 e. The van der Waals surface area contributed by atoms with Gasteiger partial charge in [0.25, 0.3) is 0 Å². The highest BCUT2D eigenvalue weighted by Crippen LogP contribution is 2.14. The van der Waals surface area contributed by atoms with Crippen LogP contribution in [-0.2, 0) is 11.2 Å². The van der Waals surface area contributed by atoms with Gasteiger partial charge in [0.2, 0.25) is 0 Å². The van der Waals surface area contributed by atoms with Gasteiger partial charge < -0.3 is 4.79 Å². The van der Waals surface area contributed by atoms with Crippen LogP contribution in [0.1, 0.15) is 37.8 Å². The fourth-order valence-corrected chi connectivity index (χ4v) is 1.36. The summed E-state index contributed by atoms with van der Waals surface area (Å²) in [5.74, 6) is 0.00232. The van der Waals surface area contributed by atoms with Crippen LogP contribution in [0.15, 0.2) is 35.9 Å². The summed E-state index contributed by atoms with van der Waals surface area (Å²) in [6.45, 7) is 6.11. The van der Waals surface area contributed by atoms with E-state index in [2.05, 4.69) is 32.1 Å². The van der Waals surface area contributed by atoms with Gasteiger partial charge in [0.15, 0.2) is 0 Å². The normalized spacial score (nSPS) is 11.9. The summed E-state index contributed by atoms with van der Waals surface area (Å²) < 4.78 is 0. The van der Waals surface area contributed by atoms with E-state index in [9.17, 15) is 4.79 Å². The van der Waals surface area contributed by atoms with Gasteiger partial charge in [-0.1, -0.05) is 42.8 Å². The summed E-state index contributed by atoms with van der Waals surface area (Å²) in [6.07, 6.45) is 4.15. The van der Waals surface area contributed by atoms with E-state index in [-0.39, 0.29) is 5.92 Å². The highest BCUT2D eigenvalue weighted by molar-refractivity contribution is 5.61. The van der Waals surface area contributed by atoms with E-state index in [1.54, 1.807) is 0 Å². The van der Waals surface area contributed by atoms with Gasteiger partial charge in [-0.2, -0.15) is 0 Å². The lowest BCUT2D eigenvalue weighted by molar-refractivity contribution is -0.108. The molecule has 0 spiro atoms. The van der Waals surface area contributed by atoms with E-state index in [1.165, 1.54) is 11.1 Å². The molecule has 0 aliphatic rings. The highest BCUT2D eigenvalue weighted by Gasteiger charge is 2.02. The van der Waals surface area contributed by atoms with Crippen molar-refractivity contribution in [2.75, 3.05) is 0 Å². The summed E-state index contributed by atoms with van der Waals surface area (Å²) in [5, 5.41) is 0. The molecule has 1 rings (SSSR count). The van der Waals surface area contributed by atoms with Crippen molar-refractivity contribution in [2.24, 2.45) is 0 Å². The van der Waals surface area contributed by atoms with Crippen LogP contribution >= 0.6 is 0 Å². The van der Waals surface area contributed by atoms with Gasteiger partial charge in [0.1, 0.15) is 6.29 Å². The third-order valence-electron chi connectivity index (χ3n) is 2.46. The maximum absolute atomic E-state index is 10.6. The quantitative estimate of drug-likeness (QED) is 0.539. The summed E-state index contributed by atoms with van der Waals surface area (Å²) in [7, 11) is 0. The summed E-state index contributed by atoms with van der Waals surface area (Å²) in [4.78, 5) is 10.6. The first kappa shape index (κ1) is 11.7. The minimum atomic E-state index is 0.00232. The first-order valence-electron chi connectivity index (χ1n) is 5.31. The minimum absolute atomic E-state index is 0.00232. The van der Waals surface area contributed by atoms with E-state index < -0.39 is 0 Å². The molecule has 0 bridgehead atoms. The lowest BCUT2D eigenvalue weighted by atomic mass is 10.0. The van der Waals surface area contributed by atoms with Crippen molar-refractivity contribution in [1.29, 1.82) is 0 Å². The summed E-state index contributed by atoms with van der Waals surface area (Å²) in [6, 6.07) is 8.25. The highest BCUT2D eigenvalue weighted by atomic mass is 16.1. The monoisotopic (exact) mass is 202 g/mol. The average molecular weight is 202 g/mol. The molecule has 0 saturated heterocycles. The molecule has 1 aromatic carbocycles. The molecule has 0 aromatic heterocycles. The molecule has 80 valence electrons. The van der Waals surface area contributed by atoms with Crippen molar-refractivity contribution in [1.82, 2.24) is 0 Å². The van der Waals surface area contributed by atoms with Crippen molar-refractivity contribution >= 4 is 6.29 Å². The standard InChI is InChI=1S/C14H18O/c1-11(2)4-5-13-6-8-14(9-7-13)12(3)10-15/h4,6-10,12H,5H2,1-3H3. The molecular weight excluding hydrogens is 184 g/mol. The van der Waals surface area contributed by atoms with Gasteiger partial charge in [-0.25, -0.2) is 0 Å². The van der Waals surface area contributed by atoms with E-state index in [4.69, 9.17) is 0 Å². The Hall–Kier alpha value is -1.37. The Labute approximate surface area is 91.8 Å². The van der Waals surface area contributed by atoms with Crippen LogP contribution in [0.3, 0.4) is 0 Å². The van der Waals surface area contributed by atoms with E-state index in [0.29, 0.717) is 0 Å². The zero-order valence-electron chi connectivity index (χ0n) is 9.66. The van der Waals surface area contributed by atoms with Crippen molar-refractivity contribution in [3.8, 4) is 0 Å². The van der Waals surface area contributed by atoms with Crippen molar-refractivity contribution in [2.45, 2.75) is 33.1 Å². The maximum Gasteiger partial charge on any atom is 0.127 e. The molecular formula is C14H18O. The first-order valence-corrected chi connectivity index (χ1v) is 5.31. The number of rotatable bonds is 4. The van der Waals surface area contributed by atoms with Crippen LogP contribution in [-0.4, -0.2) is 6.29 Å². The van der Waals surface area contributed by atoms with Crippen LogP contribution in [0.4, 0.5) is 0 Å². The zero-order valence-corrected chi connectivity index (χ0v) is 9.66. The molecule has 0 radical (unpaired) electrons. The second-order valence-corrected chi connectivity index (χ2v) is 4.15. The molecule has 0 amide bonds. The van der Waals surface area contributed by atoms with Crippen LogP contribution in [0.25, 0.3) is 0 Å². The van der Waals surface area contributed by atoms with Crippen molar-refractivity contribution in [3.05, 3.63) is 47.0 Å². The maximum atomic E-state index is 10.6. The molecule has 0 aliphatic heterocycles. The number of aldehydes is 1. The predicted octanol–water partition coefficient (Wildman–Crippen LogP) is 3.50. The summed E-state index contributed by atoms with van der Waals surface area (Å²) >= 11 is 0. The van der Waals surface area contributed by atoms with Gasteiger partial charge in [-0.15, -0.1) is 0 Å². The van der Waals surface area contributed by atoms with Gasteiger partial charge >= 0.3 is 0 Å². The Morgan fingerprint density at radius 3 is 2.33 bits per heavy atom. The Kier molecular flexibility index (Phi) is 4.29. The third-order valence-corrected chi connectivity index (χ3v) is 2.46. The topological polar surface area (TPSA) is 17.1 Å². The largest absolute Gasteiger partial charge is 0.303 e. The number of hydrogen-bond donors (Lipinski definition) is 0. The van der Waals surface area contributed by atoms with Gasteiger partial charge in [0.05, 0.1) is 0 Å². The van der Waals surface area contributed by atoms with E-state index in [1.807, 2.05) is 19.1 Å². The molecule has 1 heteroatoms. The van der Waals surface area contributed by atoms with Crippen LogP contribution in [0.2, 0.25) is 0 Å². The second kappa shape index (κ2) is 5.50. The van der Waals surface area contributed by atoms with Gasteiger partial charge in [-0.3, -0.25) is 0 Å². The lowest BCUT2D eigenvalue weighted by Crippen LogP contribution is -1.94. The van der Waals surface area contributed by atoms with Crippen molar-refractivity contribution in [3.63, 3.8) is 0 Å². The van der Waals surface area contributed by atoms with Crippen LogP contribution in [0.5, 0.6) is 0 Å². The molecule has 15 heavy (non-hydrogen) atoms. The molecule has 1 atom stereocenters. The smallest absolute Gasteiger partial charge is 0.127 e. The molecule has 1 unspecified atom stereocenters. The Morgan fingerprint density at radius 1 is 1.27 bits per heavy atom. The SMILES string of the molecule is CC(C)=CCc1ccc(C(C)C=O)cc1. The molecule has 1 nitrogen and oxygen atoms in total.